The van der Waals surface area contributed by atoms with Crippen molar-refractivity contribution in [3.05, 3.63) is 34.4 Å². The summed E-state index contributed by atoms with van der Waals surface area (Å²) in [5.74, 6) is 3.70. The Morgan fingerprint density at radius 2 is 1.59 bits per heavy atom. The number of non-ortho nitro benzene ring substituents is 1. The van der Waals surface area contributed by atoms with Crippen LogP contribution in [0.15, 0.2) is 24.3 Å². The summed E-state index contributed by atoms with van der Waals surface area (Å²) in [6.45, 7) is 2.95. The molecule has 6 rings (SSSR count). The molecule has 1 saturated heterocycles. The molecule has 0 N–H and O–H groups in total. The van der Waals surface area contributed by atoms with Gasteiger partial charge in [0.1, 0.15) is 0 Å². The number of nitro groups is 1. The average Bonchev–Trinajstić information content (AvgIpc) is 2.67. The van der Waals surface area contributed by atoms with Gasteiger partial charge in [-0.25, -0.2) is 0 Å². The molecule has 6 heteroatoms. The largest absolute Gasteiger partial charge is 0.368 e. The van der Waals surface area contributed by atoms with Crippen molar-refractivity contribution in [1.82, 2.24) is 4.90 Å². The lowest BCUT2D eigenvalue weighted by Gasteiger charge is -2.54. The van der Waals surface area contributed by atoms with E-state index in [1.807, 2.05) is 6.07 Å². The second-order valence-electron chi connectivity index (χ2n) is 9.05. The molecule has 27 heavy (non-hydrogen) atoms. The molecule has 4 saturated carbocycles. The van der Waals surface area contributed by atoms with E-state index in [-0.39, 0.29) is 16.5 Å². The van der Waals surface area contributed by atoms with Crippen molar-refractivity contribution in [1.29, 1.82) is 0 Å². The van der Waals surface area contributed by atoms with Crippen molar-refractivity contribution in [3.63, 3.8) is 0 Å². The molecule has 0 spiro atoms. The quantitative estimate of drug-likeness (QED) is 0.606. The van der Waals surface area contributed by atoms with Crippen LogP contribution in [0, 0.1) is 39.7 Å². The number of anilines is 1. The Balaban J connectivity index is 1.24. The Bertz CT molecular complexity index is 729. The topological polar surface area (TPSA) is 66.7 Å². The standard InChI is InChI=1S/C21H27N3O3/c25-21(20-16-9-14-8-15(11-16)12-17(20)10-14)23-6-4-22(5-7-23)18-2-1-3-19(13-18)24(26)27/h1-3,13-17,20H,4-12H2. The lowest BCUT2D eigenvalue weighted by molar-refractivity contribution is -0.384. The van der Waals surface area contributed by atoms with Crippen LogP contribution in [0.2, 0.25) is 0 Å². The van der Waals surface area contributed by atoms with Crippen LogP contribution in [0.25, 0.3) is 0 Å². The summed E-state index contributed by atoms with van der Waals surface area (Å²) in [5.41, 5.74) is 1.01. The summed E-state index contributed by atoms with van der Waals surface area (Å²) >= 11 is 0. The van der Waals surface area contributed by atoms with E-state index < -0.39 is 0 Å². The molecule has 144 valence electrons. The van der Waals surface area contributed by atoms with Gasteiger partial charge in [-0.2, -0.15) is 0 Å². The van der Waals surface area contributed by atoms with E-state index in [0.717, 1.165) is 43.7 Å². The second-order valence-corrected chi connectivity index (χ2v) is 9.05. The number of hydrogen-bond donors (Lipinski definition) is 0. The number of hydrogen-bond acceptors (Lipinski definition) is 4. The van der Waals surface area contributed by atoms with Crippen LogP contribution in [0.5, 0.6) is 0 Å². The summed E-state index contributed by atoms with van der Waals surface area (Å²) < 4.78 is 0. The van der Waals surface area contributed by atoms with Gasteiger partial charge < -0.3 is 9.80 Å². The number of nitro benzene ring substituents is 1. The minimum atomic E-state index is -0.352. The maximum absolute atomic E-state index is 13.3. The summed E-state index contributed by atoms with van der Waals surface area (Å²) in [6, 6.07) is 6.81. The summed E-state index contributed by atoms with van der Waals surface area (Å²) in [7, 11) is 0. The molecule has 0 radical (unpaired) electrons. The molecule has 6 nitrogen and oxygen atoms in total. The fourth-order valence-corrected chi connectivity index (χ4v) is 6.53. The smallest absolute Gasteiger partial charge is 0.271 e. The number of carbonyl (C=O) groups excluding carboxylic acids is 1. The van der Waals surface area contributed by atoms with Gasteiger partial charge in [-0.3, -0.25) is 14.9 Å². The van der Waals surface area contributed by atoms with Gasteiger partial charge in [0.15, 0.2) is 0 Å². The normalized spacial score (nSPS) is 34.7. The lowest BCUT2D eigenvalue weighted by Crippen LogP contribution is -2.56. The minimum absolute atomic E-state index is 0.125. The molecule has 4 bridgehead atoms. The first kappa shape index (κ1) is 17.0. The van der Waals surface area contributed by atoms with Gasteiger partial charge >= 0.3 is 0 Å². The Hall–Kier alpha value is -2.11. The fourth-order valence-electron chi connectivity index (χ4n) is 6.53. The van der Waals surface area contributed by atoms with E-state index in [4.69, 9.17) is 0 Å². The Labute approximate surface area is 159 Å². The highest BCUT2D eigenvalue weighted by atomic mass is 16.6. The zero-order valence-electron chi connectivity index (χ0n) is 15.6. The SMILES string of the molecule is O=C(C1C2CC3CC(C2)CC1C3)N1CCN(c2cccc([N+](=O)[O-])c2)CC1. The molecule has 1 aromatic rings. The number of amides is 1. The van der Waals surface area contributed by atoms with E-state index >= 15 is 0 Å². The second kappa shape index (κ2) is 6.50. The molecule has 4 aliphatic carbocycles. The van der Waals surface area contributed by atoms with E-state index in [2.05, 4.69) is 9.80 Å². The van der Waals surface area contributed by atoms with Crippen LogP contribution in [0.4, 0.5) is 11.4 Å². The predicted octanol–water partition coefficient (Wildman–Crippen LogP) is 3.32. The molecule has 1 aromatic carbocycles. The molecular weight excluding hydrogens is 342 g/mol. The van der Waals surface area contributed by atoms with Crippen molar-refractivity contribution in [3.8, 4) is 0 Å². The zero-order valence-corrected chi connectivity index (χ0v) is 15.6. The van der Waals surface area contributed by atoms with E-state index in [1.165, 1.54) is 38.2 Å². The van der Waals surface area contributed by atoms with Crippen LogP contribution < -0.4 is 4.90 Å². The Morgan fingerprint density at radius 1 is 0.963 bits per heavy atom. The highest BCUT2D eigenvalue weighted by Crippen LogP contribution is 2.56. The molecule has 5 aliphatic rings. The molecule has 1 aliphatic heterocycles. The van der Waals surface area contributed by atoms with Crippen molar-refractivity contribution in [2.45, 2.75) is 32.1 Å². The Morgan fingerprint density at radius 3 is 2.19 bits per heavy atom. The number of nitrogens with zero attached hydrogens (tertiary/aromatic N) is 3. The highest BCUT2D eigenvalue weighted by Gasteiger charge is 2.51. The van der Waals surface area contributed by atoms with Gasteiger partial charge in [0, 0.05) is 49.9 Å². The number of rotatable bonds is 3. The number of benzene rings is 1. The van der Waals surface area contributed by atoms with Gasteiger partial charge in [0.2, 0.25) is 5.91 Å². The number of piperazine rings is 1. The molecular formula is C21H27N3O3. The van der Waals surface area contributed by atoms with Crippen LogP contribution in [-0.2, 0) is 4.79 Å². The molecule has 1 heterocycles. The van der Waals surface area contributed by atoms with Crippen LogP contribution >= 0.6 is 0 Å². The van der Waals surface area contributed by atoms with Crippen molar-refractivity contribution < 1.29 is 9.72 Å². The predicted molar refractivity (Wildman–Crippen MR) is 102 cm³/mol. The monoisotopic (exact) mass is 369 g/mol. The van der Waals surface area contributed by atoms with Crippen molar-refractivity contribution >= 4 is 17.3 Å². The van der Waals surface area contributed by atoms with E-state index in [1.54, 1.807) is 12.1 Å². The molecule has 1 amide bonds. The molecule has 0 aromatic heterocycles. The van der Waals surface area contributed by atoms with Crippen LogP contribution in [-0.4, -0.2) is 41.9 Å². The van der Waals surface area contributed by atoms with Crippen molar-refractivity contribution in [2.75, 3.05) is 31.1 Å². The van der Waals surface area contributed by atoms with Gasteiger partial charge in [-0.1, -0.05) is 6.07 Å². The van der Waals surface area contributed by atoms with Crippen LogP contribution in [0.3, 0.4) is 0 Å². The maximum atomic E-state index is 13.3. The van der Waals surface area contributed by atoms with Gasteiger partial charge in [0.25, 0.3) is 5.69 Å². The third kappa shape index (κ3) is 2.99. The van der Waals surface area contributed by atoms with Gasteiger partial charge in [-0.15, -0.1) is 0 Å². The summed E-state index contributed by atoms with van der Waals surface area (Å²) in [4.78, 5) is 28.2. The summed E-state index contributed by atoms with van der Waals surface area (Å²) in [5, 5.41) is 11.0. The molecule has 0 atom stereocenters. The van der Waals surface area contributed by atoms with E-state index in [0.29, 0.717) is 17.7 Å². The molecule has 0 unspecified atom stereocenters. The molecule has 5 fully saturated rings. The maximum Gasteiger partial charge on any atom is 0.271 e. The van der Waals surface area contributed by atoms with Gasteiger partial charge in [-0.05, 0) is 61.8 Å². The Kier molecular flexibility index (Phi) is 4.10. The lowest BCUT2D eigenvalue weighted by atomic mass is 9.51. The van der Waals surface area contributed by atoms with Gasteiger partial charge in [0.05, 0.1) is 4.92 Å². The highest BCUT2D eigenvalue weighted by molar-refractivity contribution is 5.80. The van der Waals surface area contributed by atoms with Crippen molar-refractivity contribution in [2.24, 2.45) is 29.6 Å². The first-order valence-electron chi connectivity index (χ1n) is 10.4. The average molecular weight is 369 g/mol. The summed E-state index contributed by atoms with van der Waals surface area (Å²) in [6.07, 6.45) is 6.51. The first-order chi connectivity index (χ1) is 13.1. The fraction of sp³-hybridized carbons (Fsp3) is 0.667. The minimum Gasteiger partial charge on any atom is -0.368 e. The van der Waals surface area contributed by atoms with E-state index in [9.17, 15) is 14.9 Å². The van der Waals surface area contributed by atoms with Crippen LogP contribution in [0.1, 0.15) is 32.1 Å². The number of carbonyl (C=O) groups is 1. The third-order valence-corrected chi connectivity index (χ3v) is 7.51. The third-order valence-electron chi connectivity index (χ3n) is 7.51. The first-order valence-corrected chi connectivity index (χ1v) is 10.4. The zero-order chi connectivity index (χ0) is 18.5.